The molecule has 42 heavy (non-hydrogen) atoms. The van der Waals surface area contributed by atoms with Gasteiger partial charge in [-0.2, -0.15) is 10.4 Å². The highest BCUT2D eigenvalue weighted by Gasteiger charge is 2.35. The Morgan fingerprint density at radius 1 is 1.00 bits per heavy atom. The van der Waals surface area contributed by atoms with Crippen LogP contribution in [0, 0.1) is 17.1 Å². The normalized spacial score (nSPS) is 14.4. The van der Waals surface area contributed by atoms with Gasteiger partial charge in [0.05, 0.1) is 18.8 Å². The summed E-state index contributed by atoms with van der Waals surface area (Å²) in [6.07, 6.45) is 3.43. The van der Waals surface area contributed by atoms with Gasteiger partial charge < -0.3 is 9.47 Å². The van der Waals surface area contributed by atoms with E-state index in [-0.39, 0.29) is 36.7 Å². The second kappa shape index (κ2) is 12.5. The predicted molar refractivity (Wildman–Crippen MR) is 155 cm³/mol. The highest BCUT2D eigenvalue weighted by atomic mass is 19.1. The Labute approximate surface area is 242 Å². The molecule has 4 aromatic rings. The quantitative estimate of drug-likeness (QED) is 0.198. The van der Waals surface area contributed by atoms with Crippen LogP contribution in [0.15, 0.2) is 102 Å². The number of rotatable bonds is 9. The van der Waals surface area contributed by atoms with Crippen LogP contribution >= 0.6 is 0 Å². The van der Waals surface area contributed by atoms with Gasteiger partial charge in [-0.1, -0.05) is 48.5 Å². The molecule has 1 aromatic heterocycles. The van der Waals surface area contributed by atoms with E-state index in [2.05, 4.69) is 0 Å². The van der Waals surface area contributed by atoms with Crippen LogP contribution in [0.1, 0.15) is 18.1 Å². The second-order valence-corrected chi connectivity index (χ2v) is 9.55. The van der Waals surface area contributed by atoms with Crippen molar-refractivity contribution in [1.82, 2.24) is 14.7 Å². The third kappa shape index (κ3) is 5.75. The van der Waals surface area contributed by atoms with Crippen LogP contribution in [0.5, 0.6) is 5.75 Å². The lowest BCUT2D eigenvalue weighted by molar-refractivity contribution is -0.141. The third-order valence-corrected chi connectivity index (χ3v) is 6.87. The summed E-state index contributed by atoms with van der Waals surface area (Å²) in [5.74, 6) is -1.00. The smallest absolute Gasteiger partial charge is 0.271 e. The molecule has 0 fully saturated rings. The van der Waals surface area contributed by atoms with Gasteiger partial charge in [-0.15, -0.1) is 0 Å². The van der Waals surface area contributed by atoms with Crippen molar-refractivity contribution < 1.29 is 23.5 Å². The van der Waals surface area contributed by atoms with E-state index in [0.717, 1.165) is 10.6 Å². The number of carbonyl (C=O) groups excluding carboxylic acids is 2. The first-order chi connectivity index (χ1) is 20.4. The molecular weight excluding hydrogens is 535 g/mol. The number of nitrogens with zero attached hydrogens (tertiary/aromatic N) is 4. The van der Waals surface area contributed by atoms with Crippen molar-refractivity contribution in [3.05, 3.63) is 119 Å². The first-order valence-electron chi connectivity index (χ1n) is 13.2. The zero-order valence-electron chi connectivity index (χ0n) is 23.1. The number of hydrogen-bond donors (Lipinski definition) is 0. The first-order valence-corrected chi connectivity index (χ1v) is 13.2. The average molecular weight is 563 g/mol. The summed E-state index contributed by atoms with van der Waals surface area (Å²) in [6.45, 7) is 1.79. The summed E-state index contributed by atoms with van der Waals surface area (Å²) >= 11 is 0. The van der Waals surface area contributed by atoms with Crippen LogP contribution in [-0.2, 0) is 20.9 Å². The van der Waals surface area contributed by atoms with Crippen molar-refractivity contribution in [2.45, 2.75) is 13.5 Å². The molecule has 3 aromatic carbocycles. The molecule has 0 atom stereocenters. The average Bonchev–Trinajstić information content (AvgIpc) is 3.44. The maximum atomic E-state index is 14.1. The van der Waals surface area contributed by atoms with Gasteiger partial charge in [0.25, 0.3) is 11.8 Å². The molecule has 0 N–H and O–H groups in total. The Balaban J connectivity index is 1.59. The van der Waals surface area contributed by atoms with E-state index in [1.54, 1.807) is 60.3 Å². The molecule has 210 valence electrons. The molecule has 1 aliphatic rings. The van der Waals surface area contributed by atoms with Gasteiger partial charge in [-0.3, -0.25) is 14.5 Å². The predicted octanol–water partition coefficient (Wildman–Crippen LogP) is 5.50. The molecule has 0 spiro atoms. The molecule has 0 unspecified atom stereocenters. The Morgan fingerprint density at radius 3 is 2.50 bits per heavy atom. The second-order valence-electron chi connectivity index (χ2n) is 9.55. The summed E-state index contributed by atoms with van der Waals surface area (Å²) in [5.41, 5.74) is 3.46. The number of halogens is 1. The minimum Gasteiger partial charge on any atom is -0.489 e. The molecule has 0 aliphatic carbocycles. The third-order valence-electron chi connectivity index (χ3n) is 6.87. The first kappa shape index (κ1) is 28.2. The maximum Gasteiger partial charge on any atom is 0.271 e. The Bertz CT molecular complexity index is 1750. The van der Waals surface area contributed by atoms with E-state index in [0.29, 0.717) is 33.7 Å². The van der Waals surface area contributed by atoms with Gasteiger partial charge in [0.15, 0.2) is 0 Å². The number of ether oxygens (including phenoxy) is 2. The number of methoxy groups -OCH3 is 1. The number of amides is 2. The number of hydrogen-bond acceptors (Lipinski definition) is 6. The molecule has 2 amide bonds. The summed E-state index contributed by atoms with van der Waals surface area (Å²) in [4.78, 5) is 27.4. The standard InChI is InChI=1S/C33H27FN4O4/c1-22-28(32(39)37(15-16-41-2)33(40)29(22)19-35)18-25-20-38(26-11-4-3-5-12-26)36-31(25)23-10-8-13-27(17-23)42-21-24-9-6-7-14-30(24)34/h3-14,17-18,20H,15-16,21H2,1-2H3/b28-18+. The monoisotopic (exact) mass is 562 g/mol. The Hall–Kier alpha value is -5.33. The minimum absolute atomic E-state index is 0.0154. The molecule has 9 heteroatoms. The number of carbonyl (C=O) groups is 2. The zero-order valence-corrected chi connectivity index (χ0v) is 23.1. The van der Waals surface area contributed by atoms with Gasteiger partial charge in [-0.05, 0) is 48.9 Å². The van der Waals surface area contributed by atoms with Gasteiger partial charge in [0, 0.05) is 35.6 Å². The van der Waals surface area contributed by atoms with E-state index in [9.17, 15) is 19.2 Å². The lowest BCUT2D eigenvalue weighted by atomic mass is 9.93. The van der Waals surface area contributed by atoms with Crippen molar-refractivity contribution in [1.29, 1.82) is 5.26 Å². The van der Waals surface area contributed by atoms with E-state index >= 15 is 0 Å². The van der Waals surface area contributed by atoms with E-state index in [4.69, 9.17) is 14.6 Å². The molecule has 8 nitrogen and oxygen atoms in total. The molecule has 5 rings (SSSR count). The number of benzene rings is 3. The van der Waals surface area contributed by atoms with Crippen LogP contribution in [0.2, 0.25) is 0 Å². The lowest BCUT2D eigenvalue weighted by Gasteiger charge is -2.27. The summed E-state index contributed by atoms with van der Waals surface area (Å²) < 4.78 is 26.8. The highest BCUT2D eigenvalue weighted by molar-refractivity contribution is 6.19. The molecule has 0 saturated heterocycles. The minimum atomic E-state index is -0.644. The fourth-order valence-corrected chi connectivity index (χ4v) is 4.61. The van der Waals surface area contributed by atoms with E-state index in [1.807, 2.05) is 42.5 Å². The van der Waals surface area contributed by atoms with Crippen LogP contribution in [-0.4, -0.2) is 46.8 Å². The molecule has 0 bridgehead atoms. The van der Waals surface area contributed by atoms with Gasteiger partial charge >= 0.3 is 0 Å². The molecule has 0 saturated carbocycles. The topological polar surface area (TPSA) is 97.5 Å². The molecule has 0 radical (unpaired) electrons. The zero-order chi connectivity index (χ0) is 29.6. The SMILES string of the molecule is COCCN1C(=O)C(C#N)=C(C)/C(=C\c2cn(-c3ccccc3)nc2-c2cccc(OCc3ccccc3F)c2)C1=O. The summed E-state index contributed by atoms with van der Waals surface area (Å²) in [5, 5.41) is 14.6. The van der Waals surface area contributed by atoms with Gasteiger partial charge in [0.2, 0.25) is 0 Å². The number of aromatic nitrogens is 2. The van der Waals surface area contributed by atoms with Crippen LogP contribution in [0.25, 0.3) is 23.0 Å². The van der Waals surface area contributed by atoms with Crippen molar-refractivity contribution >= 4 is 17.9 Å². The number of para-hydroxylation sites is 1. The highest BCUT2D eigenvalue weighted by Crippen LogP contribution is 2.32. The largest absolute Gasteiger partial charge is 0.489 e. The molecular formula is C33H27FN4O4. The summed E-state index contributed by atoms with van der Waals surface area (Å²) in [6, 6.07) is 25.1. The van der Waals surface area contributed by atoms with Crippen molar-refractivity contribution in [2.75, 3.05) is 20.3 Å². The number of imide groups is 1. The summed E-state index contributed by atoms with van der Waals surface area (Å²) in [7, 11) is 1.47. The lowest BCUT2D eigenvalue weighted by Crippen LogP contribution is -2.44. The van der Waals surface area contributed by atoms with Crippen LogP contribution < -0.4 is 4.74 Å². The van der Waals surface area contributed by atoms with Crippen molar-refractivity contribution in [2.24, 2.45) is 0 Å². The Morgan fingerprint density at radius 2 is 1.76 bits per heavy atom. The fraction of sp³-hybridized carbons (Fsp3) is 0.152. The van der Waals surface area contributed by atoms with Crippen molar-refractivity contribution in [3.8, 4) is 28.8 Å². The Kier molecular flexibility index (Phi) is 8.37. The molecule has 1 aliphatic heterocycles. The fourth-order valence-electron chi connectivity index (χ4n) is 4.61. The maximum absolute atomic E-state index is 14.1. The number of nitriles is 1. The van der Waals surface area contributed by atoms with Crippen molar-refractivity contribution in [3.63, 3.8) is 0 Å². The van der Waals surface area contributed by atoms with E-state index < -0.39 is 11.8 Å². The van der Waals surface area contributed by atoms with E-state index in [1.165, 1.54) is 13.2 Å². The van der Waals surface area contributed by atoms with Crippen LogP contribution in [0.3, 0.4) is 0 Å². The van der Waals surface area contributed by atoms with Gasteiger partial charge in [0.1, 0.15) is 35.5 Å². The van der Waals surface area contributed by atoms with Crippen LogP contribution in [0.4, 0.5) is 4.39 Å². The molecule has 2 heterocycles. The van der Waals surface area contributed by atoms with Gasteiger partial charge in [-0.25, -0.2) is 9.07 Å².